The van der Waals surface area contributed by atoms with Crippen LogP contribution >= 0.6 is 22.9 Å². The Kier molecular flexibility index (Phi) is 13.9. The quantitative estimate of drug-likeness (QED) is 0.138. The summed E-state index contributed by atoms with van der Waals surface area (Å²) in [6, 6.07) is 15.6. The van der Waals surface area contributed by atoms with Gasteiger partial charge in [-0.25, -0.2) is 9.18 Å². The number of aryl methyl sites for hydroxylation is 2. The predicted molar refractivity (Wildman–Crippen MR) is 297 cm³/mol. The Hall–Kier alpha value is -7.73. The summed E-state index contributed by atoms with van der Waals surface area (Å²) in [5, 5.41) is 35.3. The minimum absolute atomic E-state index is 0.0600. The van der Waals surface area contributed by atoms with Crippen LogP contribution in [0.3, 0.4) is 0 Å². The zero-order valence-corrected chi connectivity index (χ0v) is 46.0. The molecule has 3 aromatic carbocycles. The van der Waals surface area contributed by atoms with Gasteiger partial charge in [0.25, 0.3) is 0 Å². The molecule has 414 valence electrons. The van der Waals surface area contributed by atoms with Crippen molar-refractivity contribution in [2.45, 2.75) is 71.4 Å². The number of fused-ring (bicyclic) bond motifs is 5. The third-order valence-electron chi connectivity index (χ3n) is 16.8. The van der Waals surface area contributed by atoms with E-state index in [9.17, 15) is 24.0 Å². The molecular weight excluding hydrogens is 1070 g/mol. The molecule has 3 saturated heterocycles. The number of quaternary nitrogens is 1. The molecule has 24 heteroatoms. The van der Waals surface area contributed by atoms with E-state index in [4.69, 9.17) is 31.9 Å². The van der Waals surface area contributed by atoms with Gasteiger partial charge in [-0.3, -0.25) is 43.1 Å². The van der Waals surface area contributed by atoms with Gasteiger partial charge in [0.05, 0.1) is 36.1 Å². The van der Waals surface area contributed by atoms with Crippen molar-refractivity contribution in [1.29, 1.82) is 0 Å². The van der Waals surface area contributed by atoms with E-state index in [1.165, 1.54) is 6.07 Å². The van der Waals surface area contributed by atoms with Gasteiger partial charge >= 0.3 is 11.9 Å². The first-order valence-electron chi connectivity index (χ1n) is 27.0. The summed E-state index contributed by atoms with van der Waals surface area (Å²) >= 11 is 7.97. The normalized spacial score (nSPS) is 20.0. The number of aliphatic carboxylic acids is 1. The summed E-state index contributed by atoms with van der Waals surface area (Å²) in [5.74, 6) is -2.00. The first-order valence-corrected chi connectivity index (χ1v) is 28.2. The number of nitrogens with zero attached hydrogens (tertiary/aromatic N) is 12. The molecule has 0 radical (unpaired) electrons. The van der Waals surface area contributed by atoms with Gasteiger partial charge in [-0.05, 0) is 75.1 Å². The van der Waals surface area contributed by atoms with Crippen LogP contribution in [0.4, 0.5) is 4.39 Å². The second-order valence-electron chi connectivity index (χ2n) is 21.5. The minimum atomic E-state index is -1.21. The number of rotatable bonds is 12. The maximum absolute atomic E-state index is 16.3. The Morgan fingerprint density at radius 3 is 2.30 bits per heavy atom. The first-order chi connectivity index (χ1) is 38.5. The van der Waals surface area contributed by atoms with E-state index in [1.807, 2.05) is 57.7 Å². The fourth-order valence-electron chi connectivity index (χ4n) is 12.4. The first kappa shape index (κ1) is 52.9. The number of aromatic nitrogens is 7. The molecule has 80 heavy (non-hydrogen) atoms. The number of hydrogen-bond donors (Lipinski definition) is 3. The second-order valence-corrected chi connectivity index (χ2v) is 23.2. The van der Waals surface area contributed by atoms with Crippen molar-refractivity contribution in [3.8, 4) is 16.1 Å². The molecule has 7 aromatic rings. The van der Waals surface area contributed by atoms with E-state index in [0.717, 1.165) is 32.3 Å². The third kappa shape index (κ3) is 9.51. The van der Waals surface area contributed by atoms with Gasteiger partial charge in [0.2, 0.25) is 23.6 Å². The molecule has 4 bridgehead atoms. The van der Waals surface area contributed by atoms with Crippen LogP contribution < -0.4 is 15.2 Å². The Labute approximate surface area is 467 Å². The lowest BCUT2D eigenvalue weighted by Gasteiger charge is -2.42. The highest BCUT2D eigenvalue weighted by molar-refractivity contribution is 7.15. The number of amides is 5. The topological polar surface area (TPSA) is 235 Å². The number of carbonyl (C=O) groups is 6. The van der Waals surface area contributed by atoms with Gasteiger partial charge in [0.15, 0.2) is 5.82 Å². The highest BCUT2D eigenvalue weighted by Gasteiger charge is 2.48. The summed E-state index contributed by atoms with van der Waals surface area (Å²) in [4.78, 5) is 93.7. The molecule has 10 heterocycles. The smallest absolute Gasteiger partial charge is 0.353 e. The molecule has 3 N–H and O–H groups in total. The molecule has 0 aliphatic carbocycles. The van der Waals surface area contributed by atoms with Crippen LogP contribution in [-0.4, -0.2) is 167 Å². The Morgan fingerprint density at radius 2 is 1.56 bits per heavy atom. The number of halogens is 2. The summed E-state index contributed by atoms with van der Waals surface area (Å²) in [5.41, 5.74) is 6.56. The Bertz CT molecular complexity index is 3710. The maximum atomic E-state index is 16.3. The lowest BCUT2D eigenvalue weighted by atomic mass is 9.88. The number of thiophene rings is 1. The van der Waals surface area contributed by atoms with Crippen LogP contribution in [-0.2, 0) is 35.3 Å². The van der Waals surface area contributed by atoms with Crippen molar-refractivity contribution in [1.82, 2.24) is 64.4 Å². The molecule has 21 nitrogen and oxygen atoms in total. The van der Waals surface area contributed by atoms with Crippen LogP contribution in [0, 0.1) is 32.5 Å². The van der Waals surface area contributed by atoms with Crippen LogP contribution in [0.2, 0.25) is 5.02 Å². The molecule has 3 fully saturated rings. The van der Waals surface area contributed by atoms with E-state index in [1.54, 1.807) is 39.1 Å². The van der Waals surface area contributed by atoms with Crippen LogP contribution in [0.15, 0.2) is 65.8 Å². The maximum Gasteiger partial charge on any atom is 0.353 e. The Balaban J connectivity index is 0.700. The molecule has 6 aliphatic rings. The average Bonchev–Trinajstić information content (AvgIpc) is 3.91. The molecule has 5 amide bonds. The van der Waals surface area contributed by atoms with E-state index in [0.29, 0.717) is 133 Å². The fourth-order valence-corrected chi connectivity index (χ4v) is 13.7. The number of benzene rings is 3. The van der Waals surface area contributed by atoms with Gasteiger partial charge < -0.3 is 25.5 Å². The van der Waals surface area contributed by atoms with Crippen molar-refractivity contribution < 1.29 is 38.3 Å². The number of hydrogen-bond acceptors (Lipinski definition) is 13. The lowest BCUT2D eigenvalue weighted by molar-refractivity contribution is -0.144. The minimum Gasteiger partial charge on any atom is -0.480 e. The molecule has 13 rings (SSSR count). The van der Waals surface area contributed by atoms with E-state index >= 15 is 9.18 Å². The SMILES string of the molecule is Cc1sc2c(c1C)C(c1ccc(Cl)cc1)=N[C@@H](CC(=O)N1CCC(C(=O)N3CCN(CC(=O)[N+]45CCC(CC4)c4nn(CC(=O)NCC(=O)NCC(=O)O)c6cccc(c46)-c4cc6c(cnn65)cc4F)CC3)CC1)c1nnc(C)n1-2. The van der Waals surface area contributed by atoms with E-state index in [-0.39, 0.29) is 53.7 Å². The van der Waals surface area contributed by atoms with E-state index < -0.39 is 42.7 Å². The third-order valence-corrected chi connectivity index (χ3v) is 18.2. The monoisotopic (exact) mass is 1130 g/mol. The van der Waals surface area contributed by atoms with Gasteiger partial charge in [0.1, 0.15) is 60.9 Å². The number of carboxylic acids is 1. The van der Waals surface area contributed by atoms with Crippen molar-refractivity contribution in [3.63, 3.8) is 0 Å². The Morgan fingerprint density at radius 1 is 0.825 bits per heavy atom. The summed E-state index contributed by atoms with van der Waals surface area (Å²) in [6.07, 6.45) is 3.83. The van der Waals surface area contributed by atoms with E-state index in [2.05, 4.69) is 39.6 Å². The number of carboxylic acid groups (broad SMARTS) is 1. The molecule has 0 spiro atoms. The van der Waals surface area contributed by atoms with Crippen molar-refractivity contribution in [3.05, 3.63) is 111 Å². The highest BCUT2D eigenvalue weighted by atomic mass is 35.5. The summed E-state index contributed by atoms with van der Waals surface area (Å²) < 4.78 is 19.8. The highest BCUT2D eigenvalue weighted by Crippen LogP contribution is 2.43. The predicted octanol–water partition coefficient (Wildman–Crippen LogP) is 4.95. The molecule has 0 unspecified atom stereocenters. The average molecular weight is 1130 g/mol. The van der Waals surface area contributed by atoms with Crippen LogP contribution in [0.25, 0.3) is 37.9 Å². The number of likely N-dealkylation sites (tertiary alicyclic amines) is 1. The molecule has 0 saturated carbocycles. The largest absolute Gasteiger partial charge is 0.480 e. The van der Waals surface area contributed by atoms with Crippen LogP contribution in [0.5, 0.6) is 0 Å². The second kappa shape index (κ2) is 21.1. The van der Waals surface area contributed by atoms with Crippen molar-refractivity contribution >= 4 is 86.0 Å². The fraction of sp³-hybridized carbons (Fsp3) is 0.411. The molecule has 4 aromatic heterocycles. The lowest BCUT2D eigenvalue weighted by Crippen LogP contribution is -2.68. The number of nitrogens with one attached hydrogen (secondary N) is 2. The van der Waals surface area contributed by atoms with Gasteiger partial charge in [-0.1, -0.05) is 40.7 Å². The summed E-state index contributed by atoms with van der Waals surface area (Å²) in [6.45, 7) is 8.49. The number of carbonyl (C=O) groups excluding carboxylic acids is 5. The van der Waals surface area contributed by atoms with Gasteiger partial charge in [0, 0.05) is 101 Å². The number of piperazine rings is 1. The van der Waals surface area contributed by atoms with Crippen molar-refractivity contribution in [2.24, 2.45) is 10.9 Å². The van der Waals surface area contributed by atoms with Gasteiger partial charge in [-0.2, -0.15) is 5.10 Å². The summed E-state index contributed by atoms with van der Waals surface area (Å²) in [7, 11) is 0. The van der Waals surface area contributed by atoms with Crippen molar-refractivity contribution in [2.75, 3.05) is 72.0 Å². The zero-order chi connectivity index (χ0) is 55.7. The number of aliphatic imine (C=N–C) groups is 1. The van der Waals surface area contributed by atoms with Crippen LogP contribution in [0.1, 0.15) is 83.0 Å². The zero-order valence-electron chi connectivity index (χ0n) is 44.5. The standard InChI is InChI=1S/C56H58ClFN14O7S/c1-31-32(2)80-56-50(31)52(34-7-9-38(57)10-8-34)62-42(54-64-63-33(3)70(54)56)25-47(75)67-15-11-36(12-16-67)55(79)68-19-17-66(18-20-68)30-48(76)72-21-13-35(14-22-72)53-51-39(40-24-44-37(23-41(40)58)26-61-71(44)72)5-4-6-43(51)69(65-53)29-46(74)59-27-45(73)60-28-49(77)78/h4-10,23-24,26,35-36,42H,11-22,25,27-30H2,1-3H3,(H2-,59,60,73,74,77,78)/p+1/t35?,42-,72?/m0/s1. The van der Waals surface area contributed by atoms with Gasteiger partial charge in [-0.15, -0.1) is 31.2 Å². The molecule has 6 aliphatic heterocycles. The molecule has 1 atom stereocenters. The number of piperidine rings is 2. The molecular formula is C56H59ClFN14O7S+.